The number of nitrogens with one attached hydrogen (secondary N) is 1. The van der Waals surface area contributed by atoms with Crippen LogP contribution in [0.25, 0.3) is 0 Å². The van der Waals surface area contributed by atoms with Crippen molar-refractivity contribution < 1.29 is 9.13 Å². The molecule has 3 heteroatoms. The second-order valence-corrected chi connectivity index (χ2v) is 6.20. The van der Waals surface area contributed by atoms with Crippen LogP contribution in [0.2, 0.25) is 0 Å². The molecule has 0 bridgehead atoms. The highest BCUT2D eigenvalue weighted by Gasteiger charge is 2.31. The topological polar surface area (TPSA) is 21.3 Å². The number of hydrogen-bond acceptors (Lipinski definition) is 2. The second-order valence-electron chi connectivity index (χ2n) is 6.20. The van der Waals surface area contributed by atoms with E-state index in [1.807, 2.05) is 6.92 Å². The summed E-state index contributed by atoms with van der Waals surface area (Å²) in [5.41, 5.74) is 1.00. The Hall–Kier alpha value is -1.09. The van der Waals surface area contributed by atoms with E-state index in [1.165, 1.54) is 31.4 Å². The molecule has 1 fully saturated rings. The zero-order valence-electron chi connectivity index (χ0n) is 13.5. The summed E-state index contributed by atoms with van der Waals surface area (Å²) in [7, 11) is 0. The van der Waals surface area contributed by atoms with Crippen LogP contribution in [0.1, 0.15) is 51.5 Å². The van der Waals surface area contributed by atoms with Crippen molar-refractivity contribution in [1.82, 2.24) is 5.32 Å². The summed E-state index contributed by atoms with van der Waals surface area (Å²) in [6.45, 7) is 7.29. The van der Waals surface area contributed by atoms with Crippen LogP contribution in [0.15, 0.2) is 18.2 Å². The van der Waals surface area contributed by atoms with Gasteiger partial charge in [-0.2, -0.15) is 0 Å². The number of halogens is 1. The van der Waals surface area contributed by atoms with Gasteiger partial charge in [-0.3, -0.25) is 0 Å². The van der Waals surface area contributed by atoms with Crippen LogP contribution in [-0.4, -0.2) is 18.7 Å². The number of ether oxygens (including phenoxy) is 1. The minimum Gasteiger partial charge on any atom is -0.488 e. The van der Waals surface area contributed by atoms with E-state index in [-0.39, 0.29) is 11.9 Å². The number of rotatable bonds is 6. The lowest BCUT2D eigenvalue weighted by Gasteiger charge is -2.37. The molecule has 0 amide bonds. The van der Waals surface area contributed by atoms with E-state index in [0.717, 1.165) is 30.9 Å². The molecule has 0 heterocycles. The van der Waals surface area contributed by atoms with Gasteiger partial charge in [0, 0.05) is 12.1 Å². The van der Waals surface area contributed by atoms with E-state index in [9.17, 15) is 4.39 Å². The molecule has 1 aliphatic carbocycles. The molecule has 118 valence electrons. The fraction of sp³-hybridized carbons (Fsp3) is 0.667. The van der Waals surface area contributed by atoms with Crippen LogP contribution in [-0.2, 0) is 0 Å². The Bertz CT molecular complexity index is 449. The highest BCUT2D eigenvalue weighted by Crippen LogP contribution is 2.32. The molecule has 0 radical (unpaired) electrons. The highest BCUT2D eigenvalue weighted by molar-refractivity contribution is 5.33. The van der Waals surface area contributed by atoms with Gasteiger partial charge in [0.1, 0.15) is 17.7 Å². The number of likely N-dealkylation sites (N-methyl/N-ethyl adjacent to an activating group) is 1. The van der Waals surface area contributed by atoms with Crippen molar-refractivity contribution in [2.45, 2.75) is 65.0 Å². The van der Waals surface area contributed by atoms with E-state index in [2.05, 4.69) is 19.2 Å². The molecule has 1 aromatic rings. The normalized spacial score (nSPS) is 25.8. The quantitative estimate of drug-likeness (QED) is 0.836. The van der Waals surface area contributed by atoms with Gasteiger partial charge < -0.3 is 10.1 Å². The van der Waals surface area contributed by atoms with Gasteiger partial charge in [-0.15, -0.1) is 0 Å². The van der Waals surface area contributed by atoms with Crippen LogP contribution >= 0.6 is 0 Å². The Balaban J connectivity index is 2.09. The molecule has 3 atom stereocenters. The third-order valence-corrected chi connectivity index (χ3v) is 4.49. The zero-order valence-corrected chi connectivity index (χ0v) is 13.5. The molecule has 3 unspecified atom stereocenters. The Labute approximate surface area is 128 Å². The Kier molecular flexibility index (Phi) is 6.04. The van der Waals surface area contributed by atoms with E-state index in [1.54, 1.807) is 6.07 Å². The largest absolute Gasteiger partial charge is 0.488 e. The van der Waals surface area contributed by atoms with Gasteiger partial charge in [-0.1, -0.05) is 32.8 Å². The SMILES string of the molecule is CCCC1CCC(NCC)C(Oc2cc(F)ccc2C)C1. The summed E-state index contributed by atoms with van der Waals surface area (Å²) in [5, 5.41) is 3.53. The minimum absolute atomic E-state index is 0.149. The molecule has 21 heavy (non-hydrogen) atoms. The van der Waals surface area contributed by atoms with Gasteiger partial charge in [0.2, 0.25) is 0 Å². The van der Waals surface area contributed by atoms with Gasteiger partial charge in [-0.25, -0.2) is 4.39 Å². The van der Waals surface area contributed by atoms with Gasteiger partial charge in [0.05, 0.1) is 0 Å². The smallest absolute Gasteiger partial charge is 0.126 e. The van der Waals surface area contributed by atoms with Gasteiger partial charge in [0.15, 0.2) is 0 Å². The minimum atomic E-state index is -0.225. The Morgan fingerprint density at radius 1 is 1.29 bits per heavy atom. The average molecular weight is 293 g/mol. The van der Waals surface area contributed by atoms with Gasteiger partial charge in [-0.05, 0) is 50.3 Å². The third-order valence-electron chi connectivity index (χ3n) is 4.49. The molecular formula is C18H28FNO. The maximum atomic E-state index is 13.4. The predicted octanol–water partition coefficient (Wildman–Crippen LogP) is 4.46. The van der Waals surface area contributed by atoms with Crippen molar-refractivity contribution in [3.05, 3.63) is 29.6 Å². The second kappa shape index (κ2) is 7.79. The van der Waals surface area contributed by atoms with E-state index < -0.39 is 0 Å². The molecule has 2 rings (SSSR count). The summed E-state index contributed by atoms with van der Waals surface area (Å²) in [6, 6.07) is 5.18. The van der Waals surface area contributed by atoms with Crippen LogP contribution in [0.4, 0.5) is 4.39 Å². The van der Waals surface area contributed by atoms with Crippen molar-refractivity contribution in [3.8, 4) is 5.75 Å². The summed E-state index contributed by atoms with van der Waals surface area (Å²) < 4.78 is 19.7. The van der Waals surface area contributed by atoms with Gasteiger partial charge >= 0.3 is 0 Å². The molecule has 0 aliphatic heterocycles. The first-order chi connectivity index (χ1) is 10.1. The molecular weight excluding hydrogens is 265 g/mol. The maximum absolute atomic E-state index is 13.4. The molecule has 1 N–H and O–H groups in total. The van der Waals surface area contributed by atoms with E-state index >= 15 is 0 Å². The summed E-state index contributed by atoms with van der Waals surface area (Å²) >= 11 is 0. The number of hydrogen-bond donors (Lipinski definition) is 1. The fourth-order valence-corrected chi connectivity index (χ4v) is 3.37. The molecule has 1 saturated carbocycles. The molecule has 2 nitrogen and oxygen atoms in total. The molecule has 0 aromatic heterocycles. The van der Waals surface area contributed by atoms with Crippen LogP contribution in [0, 0.1) is 18.7 Å². The first-order valence-electron chi connectivity index (χ1n) is 8.30. The van der Waals surface area contributed by atoms with Crippen LogP contribution < -0.4 is 10.1 Å². The lowest BCUT2D eigenvalue weighted by molar-refractivity contribution is 0.0831. The molecule has 0 saturated heterocycles. The van der Waals surface area contributed by atoms with Crippen molar-refractivity contribution in [3.63, 3.8) is 0 Å². The average Bonchev–Trinajstić information content (AvgIpc) is 2.46. The van der Waals surface area contributed by atoms with Crippen molar-refractivity contribution in [2.24, 2.45) is 5.92 Å². The number of aryl methyl sites for hydroxylation is 1. The van der Waals surface area contributed by atoms with Crippen molar-refractivity contribution in [2.75, 3.05) is 6.54 Å². The number of benzene rings is 1. The molecule has 1 aliphatic rings. The highest BCUT2D eigenvalue weighted by atomic mass is 19.1. The monoisotopic (exact) mass is 293 g/mol. The van der Waals surface area contributed by atoms with Crippen LogP contribution in [0.3, 0.4) is 0 Å². The molecule has 1 aromatic carbocycles. The maximum Gasteiger partial charge on any atom is 0.126 e. The van der Waals surface area contributed by atoms with Crippen LogP contribution in [0.5, 0.6) is 5.75 Å². The standard InChI is InChI=1S/C18H28FNO/c1-4-6-14-8-10-16(20-5-2)18(11-14)21-17-12-15(19)9-7-13(17)3/h7,9,12,14,16,18,20H,4-6,8,10-11H2,1-3H3. The summed E-state index contributed by atoms with van der Waals surface area (Å²) in [4.78, 5) is 0. The fourth-order valence-electron chi connectivity index (χ4n) is 3.37. The Morgan fingerprint density at radius 3 is 2.81 bits per heavy atom. The lowest BCUT2D eigenvalue weighted by atomic mass is 9.81. The Morgan fingerprint density at radius 2 is 2.10 bits per heavy atom. The molecule has 0 spiro atoms. The van der Waals surface area contributed by atoms with E-state index in [4.69, 9.17) is 4.74 Å². The van der Waals surface area contributed by atoms with E-state index in [0.29, 0.717) is 11.8 Å². The zero-order chi connectivity index (χ0) is 15.2. The first kappa shape index (κ1) is 16.3. The lowest BCUT2D eigenvalue weighted by Crippen LogP contribution is -2.47. The summed E-state index contributed by atoms with van der Waals surface area (Å²) in [5.74, 6) is 1.21. The third kappa shape index (κ3) is 4.44. The summed E-state index contributed by atoms with van der Waals surface area (Å²) in [6.07, 6.45) is 6.13. The van der Waals surface area contributed by atoms with Crippen molar-refractivity contribution >= 4 is 0 Å². The van der Waals surface area contributed by atoms with Gasteiger partial charge in [0.25, 0.3) is 0 Å². The van der Waals surface area contributed by atoms with Crippen molar-refractivity contribution in [1.29, 1.82) is 0 Å². The first-order valence-corrected chi connectivity index (χ1v) is 8.30. The predicted molar refractivity (Wildman–Crippen MR) is 85.3 cm³/mol.